The zero-order valence-corrected chi connectivity index (χ0v) is 15.3. The van der Waals surface area contributed by atoms with Crippen LogP contribution in [-0.4, -0.2) is 10.2 Å². The van der Waals surface area contributed by atoms with Gasteiger partial charge in [0.15, 0.2) is 0 Å². The number of hydrogen-bond donors (Lipinski definition) is 2. The Kier molecular flexibility index (Phi) is 7.23. The lowest BCUT2D eigenvalue weighted by molar-refractivity contribution is -0.0554. The number of phenolic OH excluding ortho intramolecular Hbond substituents is 1. The number of rotatable bonds is 8. The van der Waals surface area contributed by atoms with Crippen molar-refractivity contribution in [2.24, 2.45) is 0 Å². The van der Waals surface area contributed by atoms with Gasteiger partial charge in [-0.15, -0.1) is 0 Å². The molecule has 0 fully saturated rings. The Balaban J connectivity index is 1.91. The number of allylic oxidation sites excluding steroid dienone is 1. The molecule has 0 saturated carbocycles. The molecule has 2 aromatic rings. The van der Waals surface area contributed by atoms with E-state index in [1.807, 2.05) is 6.08 Å². The zero-order valence-electron chi connectivity index (χ0n) is 12.8. The van der Waals surface area contributed by atoms with E-state index in [1.165, 1.54) is 17.2 Å². The molecule has 0 aliphatic carbocycles. The van der Waals surface area contributed by atoms with E-state index >= 15 is 0 Å². The molecule has 0 saturated heterocycles. The van der Waals surface area contributed by atoms with Gasteiger partial charge in [0.1, 0.15) is 9.57 Å². The van der Waals surface area contributed by atoms with Gasteiger partial charge in [-0.2, -0.15) is 0 Å². The van der Waals surface area contributed by atoms with E-state index in [1.54, 1.807) is 38.9 Å². The lowest BCUT2D eigenvalue weighted by Gasteiger charge is -2.13. The molecule has 0 bridgehead atoms. The third kappa shape index (κ3) is 5.42. The molecule has 23 heavy (non-hydrogen) atoms. The topological polar surface area (TPSA) is 49.7 Å². The fourth-order valence-electron chi connectivity index (χ4n) is 2.28. The molecule has 1 aromatic carbocycles. The van der Waals surface area contributed by atoms with Crippen LogP contribution in [0, 0.1) is 3.82 Å². The van der Waals surface area contributed by atoms with Crippen LogP contribution in [0.15, 0.2) is 42.7 Å². The number of para-hydroxylation sites is 1. The highest BCUT2D eigenvalue weighted by molar-refractivity contribution is 7.79. The summed E-state index contributed by atoms with van der Waals surface area (Å²) in [6.45, 7) is 2.17. The monoisotopic (exact) mass is 368 g/mol. The molecule has 0 aliphatic rings. The maximum Gasteiger partial charge on any atom is 0.226 e. The largest absolute Gasteiger partial charge is 0.507 e. The molecule has 2 atom stereocenters. The highest BCUT2D eigenvalue weighted by Gasteiger charge is 2.13. The van der Waals surface area contributed by atoms with Crippen molar-refractivity contribution < 1.29 is 14.9 Å². The standard InChI is InChI=1S/C17H20O3S3/c1-2-6-12(15-11-16(21)23-22-15)7-5-10-20-17(19)13-8-3-4-9-14(13)18/h3-5,8-12,17-19H,2,6-7H2,1H3/b10-5+. The molecular weight excluding hydrogens is 348 g/mol. The average Bonchev–Trinajstić information content (AvgIpc) is 2.97. The minimum atomic E-state index is -1.17. The maximum atomic E-state index is 9.95. The van der Waals surface area contributed by atoms with Gasteiger partial charge in [0.2, 0.25) is 6.29 Å². The highest BCUT2D eigenvalue weighted by atomic mass is 32.9. The summed E-state index contributed by atoms with van der Waals surface area (Å²) in [5.74, 6) is 0.454. The van der Waals surface area contributed by atoms with Crippen LogP contribution in [0.1, 0.15) is 48.8 Å². The van der Waals surface area contributed by atoms with Crippen molar-refractivity contribution in [2.75, 3.05) is 0 Å². The Morgan fingerprint density at radius 3 is 2.74 bits per heavy atom. The molecule has 0 spiro atoms. The Hall–Kier alpha value is -1.21. The first-order chi connectivity index (χ1) is 11.1. The molecule has 1 heterocycles. The summed E-state index contributed by atoms with van der Waals surface area (Å²) in [5, 5.41) is 19.6. The summed E-state index contributed by atoms with van der Waals surface area (Å²) < 4.78 is 6.21. The first-order valence-electron chi connectivity index (χ1n) is 7.48. The second-order valence-corrected chi connectivity index (χ2v) is 8.12. The Morgan fingerprint density at radius 2 is 2.09 bits per heavy atom. The van der Waals surface area contributed by atoms with Gasteiger partial charge in [-0.05, 0) is 43.0 Å². The van der Waals surface area contributed by atoms with Gasteiger partial charge in [-0.1, -0.05) is 58.4 Å². The fraction of sp³-hybridized carbons (Fsp3) is 0.353. The van der Waals surface area contributed by atoms with Crippen LogP contribution < -0.4 is 0 Å². The third-order valence-electron chi connectivity index (χ3n) is 3.45. The summed E-state index contributed by atoms with van der Waals surface area (Å²) in [7, 11) is 3.38. The Morgan fingerprint density at radius 1 is 1.30 bits per heavy atom. The first kappa shape index (κ1) is 18.1. The van der Waals surface area contributed by atoms with Crippen molar-refractivity contribution >= 4 is 32.9 Å². The third-order valence-corrected chi connectivity index (χ3v) is 6.51. The summed E-state index contributed by atoms with van der Waals surface area (Å²) >= 11 is 5.20. The smallest absolute Gasteiger partial charge is 0.226 e. The van der Waals surface area contributed by atoms with Crippen LogP contribution in [0.3, 0.4) is 0 Å². The molecular formula is C17H20O3S3. The average molecular weight is 369 g/mol. The molecule has 6 heteroatoms. The summed E-state index contributed by atoms with van der Waals surface area (Å²) in [6.07, 6.45) is 5.29. The van der Waals surface area contributed by atoms with Gasteiger partial charge >= 0.3 is 0 Å². The molecule has 2 rings (SSSR count). The number of phenols is 1. The molecule has 124 valence electrons. The molecule has 2 unspecified atom stereocenters. The van der Waals surface area contributed by atoms with Crippen molar-refractivity contribution in [2.45, 2.75) is 38.4 Å². The Bertz CT molecular complexity index is 690. The number of aromatic hydroxyl groups is 1. The fourth-order valence-corrected chi connectivity index (χ4v) is 4.97. The molecule has 0 aliphatic heterocycles. The van der Waals surface area contributed by atoms with Crippen LogP contribution in [-0.2, 0) is 4.74 Å². The van der Waals surface area contributed by atoms with E-state index in [0.29, 0.717) is 11.5 Å². The number of ether oxygens (including phenoxy) is 1. The van der Waals surface area contributed by atoms with Crippen LogP contribution in [0.25, 0.3) is 0 Å². The number of aliphatic hydroxyl groups is 1. The lowest BCUT2D eigenvalue weighted by atomic mass is 9.98. The van der Waals surface area contributed by atoms with Gasteiger partial charge in [-0.25, -0.2) is 0 Å². The van der Waals surface area contributed by atoms with Gasteiger partial charge in [-0.3, -0.25) is 0 Å². The maximum absolute atomic E-state index is 9.95. The van der Waals surface area contributed by atoms with Crippen molar-refractivity contribution in [3.8, 4) is 5.75 Å². The quantitative estimate of drug-likeness (QED) is 0.270. The normalized spacial score (nSPS) is 14.0. The summed E-state index contributed by atoms with van der Waals surface area (Å²) in [6, 6.07) is 8.68. The summed E-state index contributed by atoms with van der Waals surface area (Å²) in [5.41, 5.74) is 0.359. The lowest BCUT2D eigenvalue weighted by Crippen LogP contribution is -1.99. The number of hydrogen-bond acceptors (Lipinski definition) is 6. The second kappa shape index (κ2) is 9.17. The van der Waals surface area contributed by atoms with Crippen molar-refractivity contribution in [1.82, 2.24) is 0 Å². The SMILES string of the molecule is CCCC(C/C=C/OC(O)c1ccccc1O)c1cc(=S)ss1. The van der Waals surface area contributed by atoms with E-state index < -0.39 is 6.29 Å². The molecule has 0 amide bonds. The van der Waals surface area contributed by atoms with Gasteiger partial charge in [0.25, 0.3) is 0 Å². The minimum absolute atomic E-state index is 0.0234. The molecule has 0 radical (unpaired) electrons. The van der Waals surface area contributed by atoms with Gasteiger partial charge < -0.3 is 14.9 Å². The van der Waals surface area contributed by atoms with Gasteiger partial charge in [0.05, 0.1) is 11.8 Å². The van der Waals surface area contributed by atoms with Crippen molar-refractivity contribution in [1.29, 1.82) is 0 Å². The van der Waals surface area contributed by atoms with Crippen LogP contribution in [0.4, 0.5) is 0 Å². The van der Waals surface area contributed by atoms with E-state index in [2.05, 4.69) is 13.0 Å². The number of benzene rings is 1. The van der Waals surface area contributed by atoms with Crippen molar-refractivity contribution in [3.63, 3.8) is 0 Å². The highest BCUT2D eigenvalue weighted by Crippen LogP contribution is 2.32. The van der Waals surface area contributed by atoms with Crippen LogP contribution in [0.5, 0.6) is 5.75 Å². The van der Waals surface area contributed by atoms with Crippen LogP contribution in [0.2, 0.25) is 0 Å². The van der Waals surface area contributed by atoms with E-state index in [0.717, 1.165) is 23.1 Å². The minimum Gasteiger partial charge on any atom is -0.507 e. The second-order valence-electron chi connectivity index (χ2n) is 5.17. The van der Waals surface area contributed by atoms with Gasteiger partial charge in [0, 0.05) is 4.88 Å². The van der Waals surface area contributed by atoms with E-state index in [9.17, 15) is 10.2 Å². The summed E-state index contributed by atoms with van der Waals surface area (Å²) in [4.78, 5) is 1.31. The predicted molar refractivity (Wildman–Crippen MR) is 98.6 cm³/mol. The van der Waals surface area contributed by atoms with E-state index in [4.69, 9.17) is 17.0 Å². The number of aliphatic hydroxyl groups excluding tert-OH is 1. The molecule has 2 N–H and O–H groups in total. The zero-order chi connectivity index (χ0) is 16.7. The first-order valence-corrected chi connectivity index (χ1v) is 10.0. The molecule has 3 nitrogen and oxygen atoms in total. The Labute approximate surface area is 148 Å². The predicted octanol–water partition coefficient (Wildman–Crippen LogP) is 5.74. The van der Waals surface area contributed by atoms with Crippen LogP contribution >= 0.6 is 32.9 Å². The molecule has 1 aromatic heterocycles. The van der Waals surface area contributed by atoms with E-state index in [-0.39, 0.29) is 5.75 Å². The van der Waals surface area contributed by atoms with Crippen molar-refractivity contribution in [3.05, 3.63) is 56.9 Å².